The maximum Gasteiger partial charge on any atom is 0.257 e. The lowest BCUT2D eigenvalue weighted by atomic mass is 10.2. The summed E-state index contributed by atoms with van der Waals surface area (Å²) < 4.78 is 11.7. The van der Waals surface area contributed by atoms with Gasteiger partial charge in [0, 0.05) is 11.3 Å². The molecule has 0 spiro atoms. The second-order valence-electron chi connectivity index (χ2n) is 5.53. The molecule has 5 nitrogen and oxygen atoms in total. The van der Waals surface area contributed by atoms with Gasteiger partial charge in [-0.2, -0.15) is 0 Å². The molecule has 0 radical (unpaired) electrons. The monoisotopic (exact) mass is 448 g/mol. The Balaban J connectivity index is 1.92. The van der Waals surface area contributed by atoms with Crippen molar-refractivity contribution in [2.45, 2.75) is 13.3 Å². The first-order valence-corrected chi connectivity index (χ1v) is 9.62. The number of nitrogens with one attached hydrogen (secondary N) is 2. The summed E-state index contributed by atoms with van der Waals surface area (Å²) in [7, 11) is 0. The van der Waals surface area contributed by atoms with Crippen molar-refractivity contribution in [3.05, 3.63) is 65.2 Å². The van der Waals surface area contributed by atoms with Crippen molar-refractivity contribution in [1.29, 1.82) is 0 Å². The number of amides is 1. The molecule has 142 valence electrons. The van der Waals surface area contributed by atoms with Crippen LogP contribution in [0.4, 0.5) is 5.69 Å². The summed E-state index contributed by atoms with van der Waals surface area (Å²) in [6, 6.07) is 12.4. The summed E-state index contributed by atoms with van der Waals surface area (Å²) >= 11 is 8.63. The summed E-state index contributed by atoms with van der Waals surface area (Å²) in [5, 5.41) is 5.84. The van der Waals surface area contributed by atoms with Crippen LogP contribution < -0.4 is 20.1 Å². The third-order valence-electron chi connectivity index (χ3n) is 3.36. The molecule has 0 aliphatic carbocycles. The number of carbonyl (C=O) groups excluding carboxylic acids is 1. The number of rotatable bonds is 8. The highest BCUT2D eigenvalue weighted by Crippen LogP contribution is 2.26. The van der Waals surface area contributed by atoms with Gasteiger partial charge >= 0.3 is 0 Å². The van der Waals surface area contributed by atoms with Gasteiger partial charge in [-0.15, -0.1) is 0 Å². The minimum Gasteiger partial charge on any atom is -0.492 e. The van der Waals surface area contributed by atoms with Crippen molar-refractivity contribution < 1.29 is 14.3 Å². The number of benzene rings is 2. The smallest absolute Gasteiger partial charge is 0.257 e. The Bertz CT molecular complexity index is 809. The molecule has 0 aliphatic heterocycles. The molecule has 7 heteroatoms. The molecular weight excluding hydrogens is 428 g/mol. The first kappa shape index (κ1) is 20.9. The molecule has 0 atom stereocenters. The summed E-state index contributed by atoms with van der Waals surface area (Å²) in [4.78, 5) is 12.4. The Morgan fingerprint density at radius 1 is 1.22 bits per heavy atom. The second-order valence-corrected chi connectivity index (χ2v) is 6.79. The fourth-order valence-electron chi connectivity index (χ4n) is 2.10. The zero-order valence-corrected chi connectivity index (χ0v) is 17.4. The van der Waals surface area contributed by atoms with Gasteiger partial charge in [0.05, 0.1) is 11.1 Å². The number of halogens is 1. The molecule has 0 aliphatic rings. The third kappa shape index (κ3) is 6.69. The molecule has 0 bridgehead atoms. The second kappa shape index (κ2) is 10.7. The summed E-state index contributed by atoms with van der Waals surface area (Å²) in [5.74, 6) is 1.12. The average molecular weight is 449 g/mol. The Kier molecular flexibility index (Phi) is 8.29. The molecule has 0 fully saturated rings. The Morgan fingerprint density at radius 3 is 2.59 bits per heavy atom. The number of thiocarbonyl (C=S) groups is 1. The topological polar surface area (TPSA) is 59.6 Å². The zero-order chi connectivity index (χ0) is 19.6. The van der Waals surface area contributed by atoms with Crippen molar-refractivity contribution in [2.24, 2.45) is 0 Å². The van der Waals surface area contributed by atoms with E-state index in [-0.39, 0.29) is 11.0 Å². The van der Waals surface area contributed by atoms with E-state index < -0.39 is 0 Å². The van der Waals surface area contributed by atoms with E-state index >= 15 is 0 Å². The Morgan fingerprint density at radius 2 is 1.96 bits per heavy atom. The average Bonchev–Trinajstić information content (AvgIpc) is 2.66. The van der Waals surface area contributed by atoms with Crippen LogP contribution in [0.15, 0.2) is 59.6 Å². The van der Waals surface area contributed by atoms with Crippen LogP contribution in [-0.4, -0.2) is 24.2 Å². The largest absolute Gasteiger partial charge is 0.492 e. The van der Waals surface area contributed by atoms with Gasteiger partial charge in [0.2, 0.25) is 0 Å². The summed E-state index contributed by atoms with van der Waals surface area (Å²) in [6.07, 6.45) is 2.59. The first-order chi connectivity index (χ1) is 13.0. The van der Waals surface area contributed by atoms with E-state index in [1.165, 1.54) is 0 Å². The number of hydrogen-bond donors (Lipinski definition) is 2. The molecule has 0 saturated heterocycles. The highest BCUT2D eigenvalue weighted by Gasteiger charge is 2.11. The molecular formula is C20H21BrN2O3S. The fraction of sp³-hybridized carbons (Fsp3) is 0.200. The fourth-order valence-corrected chi connectivity index (χ4v) is 2.80. The molecule has 0 aromatic heterocycles. The van der Waals surface area contributed by atoms with Crippen molar-refractivity contribution >= 4 is 44.9 Å². The predicted octanol–water partition coefficient (Wildman–Crippen LogP) is 4.93. The molecule has 0 heterocycles. The van der Waals surface area contributed by atoms with Crippen molar-refractivity contribution in [3.63, 3.8) is 0 Å². The van der Waals surface area contributed by atoms with E-state index in [1.54, 1.807) is 24.3 Å². The summed E-state index contributed by atoms with van der Waals surface area (Å²) in [5.41, 5.74) is 1.22. The summed E-state index contributed by atoms with van der Waals surface area (Å²) in [6.45, 7) is 6.70. The standard InChI is InChI=1S/C20H21BrN2O3S/c1-3-11-25-16-8-6-15(7-9-16)22-20(27)23-19(24)14-5-10-18(17(21)13-14)26-12-4-2/h3,5-10,13H,1,4,11-12H2,2H3,(H2,22,23,24,27). The number of carbonyl (C=O) groups is 1. The van der Waals surface area contributed by atoms with Crippen molar-refractivity contribution in [2.75, 3.05) is 18.5 Å². The Labute approximate surface area is 172 Å². The van der Waals surface area contributed by atoms with Crippen LogP contribution >= 0.6 is 28.1 Å². The van der Waals surface area contributed by atoms with Crippen LogP contribution in [0, 0.1) is 0 Å². The minimum absolute atomic E-state index is 0.210. The van der Waals surface area contributed by atoms with E-state index in [1.807, 2.05) is 31.2 Å². The van der Waals surface area contributed by atoms with E-state index in [9.17, 15) is 4.79 Å². The van der Waals surface area contributed by atoms with Crippen molar-refractivity contribution in [3.8, 4) is 11.5 Å². The van der Waals surface area contributed by atoms with Crippen LogP contribution in [0.5, 0.6) is 11.5 Å². The lowest BCUT2D eigenvalue weighted by molar-refractivity contribution is 0.0977. The van der Waals surface area contributed by atoms with Gasteiger partial charge in [-0.3, -0.25) is 10.1 Å². The van der Waals surface area contributed by atoms with Gasteiger partial charge in [-0.25, -0.2) is 0 Å². The van der Waals surface area contributed by atoms with Crippen LogP contribution in [0.3, 0.4) is 0 Å². The van der Waals surface area contributed by atoms with Gasteiger partial charge in [0.25, 0.3) is 5.91 Å². The SMILES string of the molecule is C=CCOc1ccc(NC(=S)NC(=O)c2ccc(OCCC)c(Br)c2)cc1. The number of anilines is 1. The van der Waals surface area contributed by atoms with Gasteiger partial charge in [0.1, 0.15) is 18.1 Å². The maximum atomic E-state index is 12.4. The maximum absolute atomic E-state index is 12.4. The van der Waals surface area contributed by atoms with Crippen LogP contribution in [-0.2, 0) is 0 Å². The Hall–Kier alpha value is -2.38. The van der Waals surface area contributed by atoms with Crippen LogP contribution in [0.25, 0.3) is 0 Å². The van der Waals surface area contributed by atoms with Gasteiger partial charge in [-0.05, 0) is 77.0 Å². The van der Waals surface area contributed by atoms with Gasteiger partial charge in [0.15, 0.2) is 5.11 Å². The number of ether oxygens (including phenoxy) is 2. The first-order valence-electron chi connectivity index (χ1n) is 8.42. The molecule has 2 aromatic rings. The van der Waals surface area contributed by atoms with Crippen LogP contribution in [0.1, 0.15) is 23.7 Å². The van der Waals surface area contributed by atoms with E-state index in [4.69, 9.17) is 21.7 Å². The van der Waals surface area contributed by atoms with Crippen molar-refractivity contribution in [1.82, 2.24) is 5.32 Å². The third-order valence-corrected chi connectivity index (χ3v) is 4.19. The molecule has 27 heavy (non-hydrogen) atoms. The van der Waals surface area contributed by atoms with Gasteiger partial charge in [-0.1, -0.05) is 19.6 Å². The van der Waals surface area contributed by atoms with Gasteiger partial charge < -0.3 is 14.8 Å². The van der Waals surface area contributed by atoms with E-state index in [0.717, 1.165) is 22.3 Å². The highest BCUT2D eigenvalue weighted by atomic mass is 79.9. The quantitative estimate of drug-likeness (QED) is 0.442. The van der Waals surface area contributed by atoms with E-state index in [2.05, 4.69) is 33.1 Å². The normalized spacial score (nSPS) is 10.0. The molecule has 2 rings (SSSR count). The minimum atomic E-state index is -0.304. The molecule has 0 saturated carbocycles. The molecule has 1 amide bonds. The highest BCUT2D eigenvalue weighted by molar-refractivity contribution is 9.10. The molecule has 2 N–H and O–H groups in total. The van der Waals surface area contributed by atoms with E-state index in [0.29, 0.717) is 24.5 Å². The number of hydrogen-bond acceptors (Lipinski definition) is 4. The molecule has 2 aromatic carbocycles. The lowest BCUT2D eigenvalue weighted by Gasteiger charge is -2.12. The lowest BCUT2D eigenvalue weighted by Crippen LogP contribution is -2.34. The molecule has 0 unspecified atom stereocenters. The predicted molar refractivity (Wildman–Crippen MR) is 116 cm³/mol. The van der Waals surface area contributed by atoms with Crippen LogP contribution in [0.2, 0.25) is 0 Å². The zero-order valence-electron chi connectivity index (χ0n) is 15.0.